The lowest BCUT2D eigenvalue weighted by molar-refractivity contribution is -0.118. The third-order valence-corrected chi connectivity index (χ3v) is 5.00. The van der Waals surface area contributed by atoms with Gasteiger partial charge in [0.05, 0.1) is 10.8 Å². The van der Waals surface area contributed by atoms with Crippen LogP contribution in [0, 0.1) is 0 Å². The first kappa shape index (κ1) is 18.6. The normalized spacial score (nSPS) is 10.4. The number of nitrogens with one attached hydrogen (secondary N) is 1. The molecule has 1 N–H and O–H groups in total. The van der Waals surface area contributed by atoms with Crippen molar-refractivity contribution in [3.8, 4) is 0 Å². The number of Topliss-reactive ketones (excluding diaryl/α,β-unsaturated/α-hetero) is 1. The van der Waals surface area contributed by atoms with Crippen LogP contribution in [-0.2, 0) is 11.2 Å². The molecule has 0 aliphatic heterocycles. The number of amides is 1. The van der Waals surface area contributed by atoms with Gasteiger partial charge in [-0.25, -0.2) is 0 Å². The van der Waals surface area contributed by atoms with E-state index in [4.69, 9.17) is 11.6 Å². The molecule has 0 fully saturated rings. The largest absolute Gasteiger partial charge is 0.356 e. The van der Waals surface area contributed by atoms with Gasteiger partial charge in [0.15, 0.2) is 5.78 Å². The number of carbonyl (C=O) groups is 2. The highest BCUT2D eigenvalue weighted by molar-refractivity contribution is 8.00. The minimum absolute atomic E-state index is 0.00744. The summed E-state index contributed by atoms with van der Waals surface area (Å²) >= 11 is 7.55. The fourth-order valence-corrected chi connectivity index (χ4v) is 3.34. The molecule has 126 valence electrons. The second-order valence-electron chi connectivity index (χ2n) is 5.43. The van der Waals surface area contributed by atoms with E-state index in [-0.39, 0.29) is 11.7 Å². The van der Waals surface area contributed by atoms with Gasteiger partial charge in [0.1, 0.15) is 0 Å². The van der Waals surface area contributed by atoms with Crippen molar-refractivity contribution in [3.63, 3.8) is 0 Å². The van der Waals surface area contributed by atoms with E-state index in [1.165, 1.54) is 18.7 Å². The minimum atomic E-state index is -0.00744. The number of hydrogen-bond acceptors (Lipinski definition) is 3. The fourth-order valence-electron chi connectivity index (χ4n) is 2.20. The molecule has 0 heterocycles. The quantitative estimate of drug-likeness (QED) is 0.431. The van der Waals surface area contributed by atoms with Gasteiger partial charge in [0, 0.05) is 23.9 Å². The predicted molar refractivity (Wildman–Crippen MR) is 100.0 cm³/mol. The molecular formula is C19H20ClNO2S. The fraction of sp³-hybridized carbons (Fsp3) is 0.263. The number of benzene rings is 2. The Labute approximate surface area is 151 Å². The molecule has 2 rings (SSSR count). The van der Waals surface area contributed by atoms with Crippen molar-refractivity contribution in [2.75, 3.05) is 12.3 Å². The number of ketones is 1. The highest BCUT2D eigenvalue weighted by Gasteiger charge is 2.08. The lowest BCUT2D eigenvalue weighted by Gasteiger charge is -2.06. The monoisotopic (exact) mass is 361 g/mol. The lowest BCUT2D eigenvalue weighted by atomic mass is 10.1. The Hall–Kier alpha value is -1.78. The molecule has 0 atom stereocenters. The summed E-state index contributed by atoms with van der Waals surface area (Å²) in [7, 11) is 0. The summed E-state index contributed by atoms with van der Waals surface area (Å²) < 4.78 is 0. The zero-order valence-electron chi connectivity index (χ0n) is 13.5. The van der Waals surface area contributed by atoms with Gasteiger partial charge in [-0.1, -0.05) is 48.0 Å². The summed E-state index contributed by atoms with van der Waals surface area (Å²) in [6.45, 7) is 2.19. The molecule has 0 aliphatic carbocycles. The molecule has 0 bridgehead atoms. The van der Waals surface area contributed by atoms with Crippen molar-refractivity contribution < 1.29 is 9.59 Å². The van der Waals surface area contributed by atoms with Crippen LogP contribution in [0.4, 0.5) is 0 Å². The maximum atomic E-state index is 12.3. The summed E-state index contributed by atoms with van der Waals surface area (Å²) in [6.07, 6.45) is 1.76. The zero-order valence-corrected chi connectivity index (χ0v) is 15.1. The van der Waals surface area contributed by atoms with E-state index < -0.39 is 0 Å². The van der Waals surface area contributed by atoms with Gasteiger partial charge in [-0.15, -0.1) is 11.8 Å². The molecule has 2 aromatic carbocycles. The molecule has 5 heteroatoms. The Morgan fingerprint density at radius 1 is 1.08 bits per heavy atom. The lowest BCUT2D eigenvalue weighted by Crippen LogP contribution is -2.21. The number of thioether (sulfide) groups is 1. The molecule has 2 aromatic rings. The van der Waals surface area contributed by atoms with Gasteiger partial charge in [-0.2, -0.15) is 0 Å². The Bertz CT molecular complexity index is 701. The van der Waals surface area contributed by atoms with E-state index in [2.05, 4.69) is 5.32 Å². The van der Waals surface area contributed by atoms with Crippen LogP contribution in [0.25, 0.3) is 0 Å². The SMILES string of the molecule is CC(=O)NCCCc1ccc(C(=O)CSc2ccccc2Cl)cc1. The average Bonchev–Trinajstić information content (AvgIpc) is 2.58. The Morgan fingerprint density at radius 2 is 1.79 bits per heavy atom. The summed E-state index contributed by atoms with van der Waals surface area (Å²) in [6, 6.07) is 15.2. The second-order valence-corrected chi connectivity index (χ2v) is 6.85. The molecular weight excluding hydrogens is 342 g/mol. The average molecular weight is 362 g/mol. The molecule has 0 aliphatic rings. The van der Waals surface area contributed by atoms with Crippen LogP contribution in [0.5, 0.6) is 0 Å². The number of hydrogen-bond donors (Lipinski definition) is 1. The first-order valence-electron chi connectivity index (χ1n) is 7.80. The molecule has 0 aromatic heterocycles. The molecule has 0 radical (unpaired) electrons. The van der Waals surface area contributed by atoms with E-state index >= 15 is 0 Å². The highest BCUT2D eigenvalue weighted by atomic mass is 35.5. The number of aryl methyl sites for hydroxylation is 1. The summed E-state index contributed by atoms with van der Waals surface area (Å²) in [5.74, 6) is 0.447. The van der Waals surface area contributed by atoms with Crippen molar-refractivity contribution in [2.45, 2.75) is 24.7 Å². The van der Waals surface area contributed by atoms with Crippen LogP contribution in [0.3, 0.4) is 0 Å². The second kappa shape index (κ2) is 9.50. The predicted octanol–water partition coefficient (Wildman–Crippen LogP) is 4.38. The van der Waals surface area contributed by atoms with E-state index in [0.29, 0.717) is 22.9 Å². The van der Waals surface area contributed by atoms with Gasteiger partial charge in [0.2, 0.25) is 5.91 Å². The minimum Gasteiger partial charge on any atom is -0.356 e. The van der Waals surface area contributed by atoms with Gasteiger partial charge in [0.25, 0.3) is 0 Å². The zero-order chi connectivity index (χ0) is 17.4. The summed E-state index contributed by atoms with van der Waals surface area (Å²) in [5.41, 5.74) is 1.87. The maximum absolute atomic E-state index is 12.3. The summed E-state index contributed by atoms with van der Waals surface area (Å²) in [5, 5.41) is 3.45. The molecule has 3 nitrogen and oxygen atoms in total. The van der Waals surface area contributed by atoms with Crippen molar-refractivity contribution in [3.05, 3.63) is 64.7 Å². The van der Waals surface area contributed by atoms with E-state index in [1.807, 2.05) is 48.5 Å². The Balaban J connectivity index is 1.82. The Morgan fingerprint density at radius 3 is 2.46 bits per heavy atom. The van der Waals surface area contributed by atoms with E-state index in [0.717, 1.165) is 23.3 Å². The topological polar surface area (TPSA) is 46.2 Å². The van der Waals surface area contributed by atoms with Crippen LogP contribution >= 0.6 is 23.4 Å². The third kappa shape index (κ3) is 6.02. The van der Waals surface area contributed by atoms with Crippen molar-refractivity contribution >= 4 is 35.1 Å². The molecule has 1 amide bonds. The van der Waals surface area contributed by atoms with Gasteiger partial charge >= 0.3 is 0 Å². The molecule has 0 spiro atoms. The van der Waals surface area contributed by atoms with Gasteiger partial charge < -0.3 is 5.32 Å². The first-order chi connectivity index (χ1) is 11.6. The van der Waals surface area contributed by atoms with Crippen LogP contribution in [0.15, 0.2) is 53.4 Å². The standard InChI is InChI=1S/C19H20ClNO2S/c1-14(22)21-12-4-5-15-8-10-16(11-9-15)18(23)13-24-19-7-3-2-6-17(19)20/h2-3,6-11H,4-5,12-13H2,1H3,(H,21,22). The number of carbonyl (C=O) groups excluding carboxylic acids is 2. The van der Waals surface area contributed by atoms with Crippen molar-refractivity contribution in [1.82, 2.24) is 5.32 Å². The Kier molecular flexibility index (Phi) is 7.35. The van der Waals surface area contributed by atoms with E-state index in [9.17, 15) is 9.59 Å². The van der Waals surface area contributed by atoms with Crippen LogP contribution < -0.4 is 5.32 Å². The molecule has 0 saturated heterocycles. The smallest absolute Gasteiger partial charge is 0.216 e. The third-order valence-electron chi connectivity index (χ3n) is 3.49. The number of halogens is 1. The van der Waals surface area contributed by atoms with E-state index in [1.54, 1.807) is 0 Å². The van der Waals surface area contributed by atoms with Crippen LogP contribution in [-0.4, -0.2) is 24.0 Å². The molecule has 0 saturated carbocycles. The van der Waals surface area contributed by atoms with Crippen molar-refractivity contribution in [1.29, 1.82) is 0 Å². The van der Waals surface area contributed by atoms with Gasteiger partial charge in [-0.3, -0.25) is 9.59 Å². The maximum Gasteiger partial charge on any atom is 0.216 e. The summed E-state index contributed by atoms with van der Waals surface area (Å²) in [4.78, 5) is 24.0. The highest BCUT2D eigenvalue weighted by Crippen LogP contribution is 2.27. The first-order valence-corrected chi connectivity index (χ1v) is 9.16. The molecule has 24 heavy (non-hydrogen) atoms. The molecule has 0 unspecified atom stereocenters. The van der Waals surface area contributed by atoms with Crippen LogP contribution in [0.2, 0.25) is 5.02 Å². The van der Waals surface area contributed by atoms with Gasteiger partial charge in [-0.05, 0) is 30.5 Å². The van der Waals surface area contributed by atoms with Crippen LogP contribution in [0.1, 0.15) is 29.3 Å². The van der Waals surface area contributed by atoms with Crippen molar-refractivity contribution in [2.24, 2.45) is 0 Å². The number of rotatable bonds is 8.